The van der Waals surface area contributed by atoms with Gasteiger partial charge in [-0.05, 0) is 46.6 Å². The van der Waals surface area contributed by atoms with Gasteiger partial charge in [-0.3, -0.25) is 4.79 Å². The molecule has 1 amide bonds. The van der Waals surface area contributed by atoms with Gasteiger partial charge >= 0.3 is 0 Å². The van der Waals surface area contributed by atoms with E-state index in [1.54, 1.807) is 17.2 Å². The first-order valence-electron chi connectivity index (χ1n) is 10.9. The number of anilines is 3. The maximum atomic E-state index is 13.1. The van der Waals surface area contributed by atoms with Crippen LogP contribution in [0.15, 0.2) is 47.3 Å². The summed E-state index contributed by atoms with van der Waals surface area (Å²) in [6.07, 6.45) is 1.58. The van der Waals surface area contributed by atoms with Crippen LogP contribution in [-0.2, 0) is 4.79 Å². The molecule has 34 heavy (non-hydrogen) atoms. The number of carbonyl (C=O) groups is 1. The van der Waals surface area contributed by atoms with E-state index in [1.807, 2.05) is 28.8 Å². The molecule has 1 aromatic carbocycles. The van der Waals surface area contributed by atoms with Crippen LogP contribution < -0.4 is 16.4 Å². The van der Waals surface area contributed by atoms with E-state index in [2.05, 4.69) is 30.9 Å². The number of hydrogen-bond donors (Lipinski definition) is 4. The van der Waals surface area contributed by atoms with Crippen LogP contribution in [0.2, 0.25) is 0 Å². The molecule has 6 N–H and O–H groups in total. The van der Waals surface area contributed by atoms with E-state index >= 15 is 0 Å². The van der Waals surface area contributed by atoms with Crippen LogP contribution in [0.5, 0.6) is 0 Å². The van der Waals surface area contributed by atoms with E-state index in [4.69, 9.17) is 11.5 Å². The van der Waals surface area contributed by atoms with Crippen molar-refractivity contribution in [1.29, 1.82) is 0 Å². The average Bonchev–Trinajstić information content (AvgIpc) is 3.45. The third-order valence-corrected chi connectivity index (χ3v) is 7.86. The number of nitrogens with two attached hydrogens (primary N) is 2. The Morgan fingerprint density at radius 2 is 1.94 bits per heavy atom. The molecular formula is C23H22BrN7O3. The van der Waals surface area contributed by atoms with E-state index in [1.165, 1.54) is 6.33 Å². The number of nitrogen functional groups attached to an aromatic ring is 2. The van der Waals surface area contributed by atoms with Crippen molar-refractivity contribution >= 4 is 61.1 Å². The molecule has 2 fully saturated rings. The Bertz CT molecular complexity index is 1470. The van der Waals surface area contributed by atoms with Crippen molar-refractivity contribution < 1.29 is 15.0 Å². The van der Waals surface area contributed by atoms with Crippen LogP contribution in [0.25, 0.3) is 21.9 Å². The van der Waals surface area contributed by atoms with E-state index in [0.717, 1.165) is 5.39 Å². The Balaban J connectivity index is 1.34. The van der Waals surface area contributed by atoms with Crippen LogP contribution in [0.4, 0.5) is 17.3 Å². The van der Waals surface area contributed by atoms with Gasteiger partial charge in [-0.1, -0.05) is 6.07 Å². The van der Waals surface area contributed by atoms with Gasteiger partial charge in [0, 0.05) is 35.7 Å². The summed E-state index contributed by atoms with van der Waals surface area (Å²) in [5, 5.41) is 23.7. The third-order valence-electron chi connectivity index (χ3n) is 7.23. The molecule has 1 saturated heterocycles. The van der Waals surface area contributed by atoms with Crippen molar-refractivity contribution in [1.82, 2.24) is 19.5 Å². The number of nitrogens with zero attached hydrogens (tertiary/aromatic N) is 5. The fraction of sp³-hybridized carbons (Fsp3) is 0.304. The smallest absolute Gasteiger partial charge is 0.227 e. The Morgan fingerprint density at radius 3 is 2.76 bits per heavy atom. The van der Waals surface area contributed by atoms with E-state index < -0.39 is 23.7 Å². The molecule has 4 unspecified atom stereocenters. The molecule has 0 bridgehead atoms. The molecule has 3 aromatic heterocycles. The number of fused-ring (bicyclic) bond motifs is 2. The molecule has 174 valence electrons. The first-order valence-corrected chi connectivity index (χ1v) is 11.7. The summed E-state index contributed by atoms with van der Waals surface area (Å²) in [6, 6.07) is 8.80. The van der Waals surface area contributed by atoms with Crippen molar-refractivity contribution in [3.8, 4) is 0 Å². The topological polar surface area (TPSA) is 156 Å². The van der Waals surface area contributed by atoms with Gasteiger partial charge in [-0.15, -0.1) is 0 Å². The minimum absolute atomic E-state index is 0.111. The highest BCUT2D eigenvalue weighted by Crippen LogP contribution is 2.52. The number of benzene rings is 1. The number of carbonyl (C=O) groups excluding carboxylic acids is 1. The maximum absolute atomic E-state index is 13.1. The standard InChI is InChI=1S/C23H22BrN7O3/c24-14-5-11-1-2-12(6-15(11)29-21(14)26)31-9-23(8-17(31)32)7-16(18(33)19(23)34)30-4-3-13-20(25)27-10-28-22(13)30/h1-6,10,16,18-19,33-34H,7-9H2,(H2,26,29)(H2,25,27,28). The number of amides is 1. The number of rotatable bonds is 2. The van der Waals surface area contributed by atoms with Gasteiger partial charge in [0.2, 0.25) is 5.91 Å². The van der Waals surface area contributed by atoms with E-state index in [-0.39, 0.29) is 18.9 Å². The van der Waals surface area contributed by atoms with Gasteiger partial charge in [-0.2, -0.15) is 0 Å². The van der Waals surface area contributed by atoms with Gasteiger partial charge in [0.05, 0.1) is 27.5 Å². The molecule has 0 radical (unpaired) electrons. The van der Waals surface area contributed by atoms with Crippen molar-refractivity contribution in [3.05, 3.63) is 47.3 Å². The van der Waals surface area contributed by atoms with Gasteiger partial charge in [0.15, 0.2) is 0 Å². The number of aliphatic hydroxyl groups excluding tert-OH is 2. The minimum atomic E-state index is -1.08. The van der Waals surface area contributed by atoms with E-state index in [0.29, 0.717) is 44.8 Å². The van der Waals surface area contributed by atoms with Crippen LogP contribution in [-0.4, -0.2) is 54.4 Å². The molecule has 2 aliphatic rings. The summed E-state index contributed by atoms with van der Waals surface area (Å²) in [5.41, 5.74) is 13.0. The summed E-state index contributed by atoms with van der Waals surface area (Å²) in [4.78, 5) is 27.5. The van der Waals surface area contributed by atoms with Crippen molar-refractivity contribution in [2.24, 2.45) is 5.41 Å². The predicted molar refractivity (Wildman–Crippen MR) is 131 cm³/mol. The highest BCUT2D eigenvalue weighted by atomic mass is 79.9. The van der Waals surface area contributed by atoms with Crippen molar-refractivity contribution in [3.63, 3.8) is 0 Å². The fourth-order valence-electron chi connectivity index (χ4n) is 5.49. The quantitative estimate of drug-likeness (QED) is 0.310. The van der Waals surface area contributed by atoms with Crippen LogP contribution in [0, 0.1) is 5.41 Å². The highest BCUT2D eigenvalue weighted by Gasteiger charge is 2.58. The SMILES string of the molecule is Nc1nc2cc(N3CC4(CC3=O)CC(n3ccc5c(N)ncnc53)C(O)C4O)ccc2cc1Br. The number of pyridine rings is 1. The molecule has 1 saturated carbocycles. The fourth-order valence-corrected chi connectivity index (χ4v) is 5.83. The van der Waals surface area contributed by atoms with Gasteiger partial charge < -0.3 is 31.1 Å². The Labute approximate surface area is 202 Å². The lowest BCUT2D eigenvalue weighted by Crippen LogP contribution is -2.38. The first-order chi connectivity index (χ1) is 16.3. The molecule has 1 aliphatic heterocycles. The second-order valence-electron chi connectivity index (χ2n) is 9.18. The number of aromatic nitrogens is 4. The molecule has 1 aliphatic carbocycles. The lowest BCUT2D eigenvalue weighted by molar-refractivity contribution is -0.118. The number of aliphatic hydroxyl groups is 2. The predicted octanol–water partition coefficient (Wildman–Crippen LogP) is 2.00. The highest BCUT2D eigenvalue weighted by molar-refractivity contribution is 9.10. The summed E-state index contributed by atoms with van der Waals surface area (Å²) in [5.74, 6) is 0.612. The van der Waals surface area contributed by atoms with Crippen LogP contribution in [0.1, 0.15) is 18.9 Å². The number of halogens is 1. The molecule has 10 nitrogen and oxygen atoms in total. The third kappa shape index (κ3) is 3.00. The minimum Gasteiger partial charge on any atom is -0.390 e. The summed E-state index contributed by atoms with van der Waals surface area (Å²) in [7, 11) is 0. The second-order valence-corrected chi connectivity index (χ2v) is 10.0. The number of hydrogen-bond acceptors (Lipinski definition) is 8. The molecule has 6 rings (SSSR count). The summed E-state index contributed by atoms with van der Waals surface area (Å²) in [6.45, 7) is 0.286. The average molecular weight is 524 g/mol. The molecule has 4 atom stereocenters. The lowest BCUT2D eigenvalue weighted by atomic mass is 9.82. The van der Waals surface area contributed by atoms with Gasteiger partial charge in [-0.25, -0.2) is 15.0 Å². The molecule has 11 heteroatoms. The normalized spacial score (nSPS) is 27.0. The first kappa shape index (κ1) is 21.3. The summed E-state index contributed by atoms with van der Waals surface area (Å²) >= 11 is 3.38. The molecule has 4 heterocycles. The lowest BCUT2D eigenvalue weighted by Gasteiger charge is -2.27. The van der Waals surface area contributed by atoms with Crippen LogP contribution in [0.3, 0.4) is 0 Å². The van der Waals surface area contributed by atoms with Crippen molar-refractivity contribution in [2.75, 3.05) is 22.9 Å². The van der Waals surface area contributed by atoms with Crippen molar-refractivity contribution in [2.45, 2.75) is 31.1 Å². The Hall–Kier alpha value is -3.28. The summed E-state index contributed by atoms with van der Waals surface area (Å²) < 4.78 is 2.53. The zero-order valence-electron chi connectivity index (χ0n) is 18.0. The Kier molecular flexibility index (Phi) is 4.60. The van der Waals surface area contributed by atoms with Gasteiger partial charge in [0.1, 0.15) is 29.7 Å². The molecule has 1 spiro atoms. The Morgan fingerprint density at radius 1 is 1.12 bits per heavy atom. The second kappa shape index (κ2) is 7.36. The molecular weight excluding hydrogens is 502 g/mol. The van der Waals surface area contributed by atoms with E-state index in [9.17, 15) is 15.0 Å². The van der Waals surface area contributed by atoms with Crippen LogP contribution >= 0.6 is 15.9 Å². The zero-order chi connectivity index (χ0) is 23.8. The largest absolute Gasteiger partial charge is 0.390 e. The van der Waals surface area contributed by atoms with Gasteiger partial charge in [0.25, 0.3) is 0 Å². The monoisotopic (exact) mass is 523 g/mol. The maximum Gasteiger partial charge on any atom is 0.227 e. The molecule has 4 aromatic rings. The zero-order valence-corrected chi connectivity index (χ0v) is 19.6.